The molecule has 122 valence electrons. The number of nitrogens with zero attached hydrogens (tertiary/aromatic N) is 1. The van der Waals surface area contributed by atoms with Crippen molar-refractivity contribution >= 4 is 15.7 Å². The summed E-state index contributed by atoms with van der Waals surface area (Å²) in [5, 5.41) is 3.12. The Morgan fingerprint density at radius 2 is 2.18 bits per heavy atom. The van der Waals surface area contributed by atoms with Gasteiger partial charge in [-0.25, -0.2) is 12.8 Å². The minimum Gasteiger partial charge on any atom is -0.337 e. The normalized spacial score (nSPS) is 19.2. The monoisotopic (exact) mass is 328 g/mol. The predicted molar refractivity (Wildman–Crippen MR) is 82.1 cm³/mol. The number of nitrogens with one attached hydrogen (secondary N) is 1. The molecule has 1 aromatic rings. The second kappa shape index (κ2) is 6.75. The Morgan fingerprint density at radius 1 is 1.45 bits per heavy atom. The summed E-state index contributed by atoms with van der Waals surface area (Å²) in [4.78, 5) is 14.1. The topological polar surface area (TPSA) is 66.5 Å². The van der Waals surface area contributed by atoms with Crippen LogP contribution in [-0.4, -0.2) is 51.2 Å². The highest BCUT2D eigenvalue weighted by atomic mass is 32.2. The summed E-state index contributed by atoms with van der Waals surface area (Å²) in [6.45, 7) is 2.57. The lowest BCUT2D eigenvalue weighted by Crippen LogP contribution is -2.47. The van der Waals surface area contributed by atoms with E-state index in [4.69, 9.17) is 0 Å². The van der Waals surface area contributed by atoms with Crippen LogP contribution in [0.3, 0.4) is 0 Å². The average Bonchev–Trinajstić information content (AvgIpc) is 2.54. The van der Waals surface area contributed by atoms with Gasteiger partial charge in [-0.05, 0) is 38.1 Å². The molecule has 1 saturated heterocycles. The molecule has 22 heavy (non-hydrogen) atoms. The molecule has 1 N–H and O–H groups in total. The van der Waals surface area contributed by atoms with Crippen LogP contribution in [0.2, 0.25) is 0 Å². The van der Waals surface area contributed by atoms with Crippen molar-refractivity contribution in [2.24, 2.45) is 0 Å². The Kier molecular flexibility index (Phi) is 5.18. The molecule has 0 aliphatic carbocycles. The fraction of sp³-hybridized carbons (Fsp3) is 0.533. The third-order valence-electron chi connectivity index (χ3n) is 4.02. The van der Waals surface area contributed by atoms with Crippen molar-refractivity contribution < 1.29 is 17.6 Å². The molecule has 5 nitrogen and oxygen atoms in total. The fourth-order valence-electron chi connectivity index (χ4n) is 2.60. The van der Waals surface area contributed by atoms with E-state index in [1.165, 1.54) is 13.0 Å². The highest BCUT2D eigenvalue weighted by Crippen LogP contribution is 2.20. The summed E-state index contributed by atoms with van der Waals surface area (Å²) in [5.74, 6) is -1.23. The number of benzene rings is 1. The van der Waals surface area contributed by atoms with Crippen molar-refractivity contribution in [3.8, 4) is 0 Å². The fourth-order valence-corrected chi connectivity index (χ4v) is 3.50. The van der Waals surface area contributed by atoms with E-state index < -0.39 is 21.6 Å². The summed E-state index contributed by atoms with van der Waals surface area (Å²) in [6, 6.07) is 3.59. The molecule has 0 unspecified atom stereocenters. The molecule has 1 atom stereocenters. The van der Waals surface area contributed by atoms with Gasteiger partial charge < -0.3 is 10.2 Å². The lowest BCUT2D eigenvalue weighted by Gasteiger charge is -2.32. The molecule has 0 aromatic heterocycles. The van der Waals surface area contributed by atoms with Gasteiger partial charge in [0.2, 0.25) is 0 Å². The Hall–Kier alpha value is -1.47. The molecule has 1 fully saturated rings. The van der Waals surface area contributed by atoms with E-state index in [2.05, 4.69) is 5.32 Å². The first kappa shape index (κ1) is 16.9. The number of carbonyl (C=O) groups is 1. The van der Waals surface area contributed by atoms with Crippen LogP contribution in [0.1, 0.15) is 30.1 Å². The van der Waals surface area contributed by atoms with Crippen LogP contribution in [0.5, 0.6) is 0 Å². The zero-order valence-electron chi connectivity index (χ0n) is 12.8. The van der Waals surface area contributed by atoms with Gasteiger partial charge in [0.05, 0.1) is 16.2 Å². The van der Waals surface area contributed by atoms with Crippen LogP contribution < -0.4 is 5.32 Å². The first-order valence-electron chi connectivity index (χ1n) is 7.38. The van der Waals surface area contributed by atoms with E-state index in [0.717, 1.165) is 25.0 Å². The average molecular weight is 328 g/mol. The van der Waals surface area contributed by atoms with Crippen LogP contribution >= 0.6 is 0 Å². The van der Waals surface area contributed by atoms with E-state index in [0.29, 0.717) is 13.1 Å². The summed E-state index contributed by atoms with van der Waals surface area (Å²) in [5.41, 5.74) is -0.175. The number of halogens is 1. The van der Waals surface area contributed by atoms with E-state index in [1.54, 1.807) is 4.90 Å². The van der Waals surface area contributed by atoms with Crippen molar-refractivity contribution in [2.45, 2.75) is 30.7 Å². The molecular weight excluding hydrogens is 307 g/mol. The second-order valence-electron chi connectivity index (χ2n) is 5.42. The van der Waals surface area contributed by atoms with Crippen LogP contribution in [0, 0.1) is 5.82 Å². The van der Waals surface area contributed by atoms with Gasteiger partial charge in [0.1, 0.15) is 5.82 Å². The molecule has 0 radical (unpaired) electrons. The molecule has 1 aliphatic heterocycles. The molecule has 0 saturated carbocycles. The van der Waals surface area contributed by atoms with Gasteiger partial charge in [-0.1, -0.05) is 6.92 Å². The number of rotatable bonds is 4. The number of likely N-dealkylation sites (tertiary alicyclic amines) is 1. The zero-order valence-corrected chi connectivity index (χ0v) is 13.6. The molecule has 1 aromatic carbocycles. The zero-order chi connectivity index (χ0) is 16.3. The molecule has 1 amide bonds. The van der Waals surface area contributed by atoms with Crippen molar-refractivity contribution in [1.29, 1.82) is 0 Å². The first-order valence-corrected chi connectivity index (χ1v) is 9.03. The van der Waals surface area contributed by atoms with Crippen LogP contribution in [0.15, 0.2) is 23.1 Å². The summed E-state index contributed by atoms with van der Waals surface area (Å²) in [7, 11) is -1.64. The Morgan fingerprint density at radius 3 is 2.82 bits per heavy atom. The number of hydrogen-bond acceptors (Lipinski definition) is 4. The molecule has 1 heterocycles. The highest BCUT2D eigenvalue weighted by Gasteiger charge is 2.26. The minimum absolute atomic E-state index is 0.0121. The minimum atomic E-state index is -3.47. The quantitative estimate of drug-likeness (QED) is 0.850. The second-order valence-corrected chi connectivity index (χ2v) is 7.70. The standard InChI is InChI=1S/C15H21FN2O3S/c1-3-22(20,21)12-6-7-14(16)13(9-12)15(19)18-8-4-5-11(10-18)17-2/h6-7,9,11,17H,3-5,8,10H2,1-2H3/t11-/m1/s1. The van der Waals surface area contributed by atoms with Gasteiger partial charge in [-0.3, -0.25) is 4.79 Å². The van der Waals surface area contributed by atoms with Gasteiger partial charge >= 0.3 is 0 Å². The van der Waals surface area contributed by atoms with Crippen molar-refractivity contribution in [3.05, 3.63) is 29.6 Å². The number of hydrogen-bond donors (Lipinski definition) is 1. The molecule has 7 heteroatoms. The summed E-state index contributed by atoms with van der Waals surface area (Å²) >= 11 is 0. The van der Waals surface area contributed by atoms with Crippen LogP contribution in [0.25, 0.3) is 0 Å². The maximum atomic E-state index is 14.0. The van der Waals surface area contributed by atoms with Crippen LogP contribution in [-0.2, 0) is 9.84 Å². The maximum absolute atomic E-state index is 14.0. The van der Waals surface area contributed by atoms with E-state index in [1.807, 2.05) is 7.05 Å². The number of piperidine rings is 1. The third-order valence-corrected chi connectivity index (χ3v) is 5.76. The highest BCUT2D eigenvalue weighted by molar-refractivity contribution is 7.91. The Balaban J connectivity index is 2.31. The molecule has 2 rings (SSSR count). The molecular formula is C15H21FN2O3S. The van der Waals surface area contributed by atoms with Crippen molar-refractivity contribution in [1.82, 2.24) is 10.2 Å². The SMILES string of the molecule is CCS(=O)(=O)c1ccc(F)c(C(=O)N2CCC[C@@H](NC)C2)c1. The number of likely N-dealkylation sites (N-methyl/N-ethyl adjacent to an activating group) is 1. The van der Waals surface area contributed by atoms with Crippen molar-refractivity contribution in [2.75, 3.05) is 25.9 Å². The van der Waals surface area contributed by atoms with Gasteiger partial charge in [-0.15, -0.1) is 0 Å². The number of sulfone groups is 1. The van der Waals surface area contributed by atoms with Crippen molar-refractivity contribution in [3.63, 3.8) is 0 Å². The Bertz CT molecular complexity index is 661. The maximum Gasteiger partial charge on any atom is 0.256 e. The smallest absolute Gasteiger partial charge is 0.256 e. The van der Waals surface area contributed by atoms with E-state index >= 15 is 0 Å². The van der Waals surface area contributed by atoms with Gasteiger partial charge in [0.25, 0.3) is 5.91 Å². The lowest BCUT2D eigenvalue weighted by molar-refractivity contribution is 0.0693. The van der Waals surface area contributed by atoms with E-state index in [9.17, 15) is 17.6 Å². The largest absolute Gasteiger partial charge is 0.337 e. The van der Waals surface area contributed by atoms with Gasteiger partial charge in [0.15, 0.2) is 9.84 Å². The van der Waals surface area contributed by atoms with Gasteiger partial charge in [0, 0.05) is 19.1 Å². The number of carbonyl (C=O) groups excluding carboxylic acids is 1. The van der Waals surface area contributed by atoms with Crippen LogP contribution in [0.4, 0.5) is 4.39 Å². The summed E-state index contributed by atoms with van der Waals surface area (Å²) < 4.78 is 37.8. The molecule has 0 spiro atoms. The molecule has 1 aliphatic rings. The first-order chi connectivity index (χ1) is 10.4. The van der Waals surface area contributed by atoms with Gasteiger partial charge in [-0.2, -0.15) is 0 Å². The lowest BCUT2D eigenvalue weighted by atomic mass is 10.0. The Labute approximate surface area is 130 Å². The number of amides is 1. The molecule has 0 bridgehead atoms. The summed E-state index contributed by atoms with van der Waals surface area (Å²) in [6.07, 6.45) is 1.80. The van der Waals surface area contributed by atoms with E-state index in [-0.39, 0.29) is 22.3 Å². The predicted octanol–water partition coefficient (Wildman–Crippen LogP) is 1.44. The third kappa shape index (κ3) is 3.47.